The number of ether oxygens (including phenoxy) is 1. The Labute approximate surface area is 145 Å². The van der Waals surface area contributed by atoms with Crippen molar-refractivity contribution in [2.24, 2.45) is 0 Å². The number of nitrogens with one attached hydrogen (secondary N) is 1. The van der Waals surface area contributed by atoms with E-state index in [9.17, 15) is 4.79 Å². The van der Waals surface area contributed by atoms with Crippen molar-refractivity contribution < 1.29 is 9.53 Å². The fraction of sp³-hybridized carbons (Fsp3) is 0.632. The number of benzene rings is 1. The molecular weight excluding hydrogens is 302 g/mol. The van der Waals surface area contributed by atoms with Crippen molar-refractivity contribution in [1.82, 2.24) is 15.1 Å². The van der Waals surface area contributed by atoms with Crippen LogP contribution in [0.5, 0.6) is 0 Å². The summed E-state index contributed by atoms with van der Waals surface area (Å²) in [7, 11) is 1.68. The molecule has 0 radical (unpaired) electrons. The van der Waals surface area contributed by atoms with Gasteiger partial charge in [0.15, 0.2) is 0 Å². The number of amides is 1. The first-order valence-electron chi connectivity index (χ1n) is 8.97. The molecule has 2 heterocycles. The first-order valence-corrected chi connectivity index (χ1v) is 8.97. The van der Waals surface area contributed by atoms with E-state index in [-0.39, 0.29) is 5.91 Å². The van der Waals surface area contributed by atoms with Crippen LogP contribution >= 0.6 is 0 Å². The van der Waals surface area contributed by atoms with Crippen molar-refractivity contribution >= 4 is 5.91 Å². The van der Waals surface area contributed by atoms with Crippen LogP contribution in [0.25, 0.3) is 0 Å². The molecule has 0 saturated carbocycles. The molecule has 0 aliphatic carbocycles. The molecule has 0 unspecified atom stereocenters. The molecule has 2 saturated heterocycles. The average molecular weight is 331 g/mol. The zero-order valence-electron chi connectivity index (χ0n) is 14.9. The molecule has 5 heteroatoms. The van der Waals surface area contributed by atoms with Gasteiger partial charge in [-0.2, -0.15) is 0 Å². The minimum Gasteiger partial charge on any atom is -0.368 e. The van der Waals surface area contributed by atoms with E-state index in [0.717, 1.165) is 58.7 Å². The maximum atomic E-state index is 13.0. The van der Waals surface area contributed by atoms with Crippen LogP contribution in [0.4, 0.5) is 0 Å². The van der Waals surface area contributed by atoms with Crippen molar-refractivity contribution in [1.29, 1.82) is 0 Å². The number of piperidine rings is 1. The molecule has 132 valence electrons. The van der Waals surface area contributed by atoms with E-state index in [1.807, 2.05) is 4.90 Å². The Balaban J connectivity index is 1.56. The smallest absolute Gasteiger partial charge is 0.254 e. The van der Waals surface area contributed by atoms with Gasteiger partial charge in [0, 0.05) is 39.8 Å². The fourth-order valence-corrected chi connectivity index (χ4v) is 3.76. The topological polar surface area (TPSA) is 44.8 Å². The van der Waals surface area contributed by atoms with Crippen molar-refractivity contribution in [3.8, 4) is 0 Å². The third-order valence-electron chi connectivity index (χ3n) is 5.51. The van der Waals surface area contributed by atoms with E-state index in [2.05, 4.69) is 41.4 Å². The predicted octanol–water partition coefficient (Wildman–Crippen LogP) is 1.41. The second-order valence-electron chi connectivity index (χ2n) is 6.94. The molecule has 0 aromatic heterocycles. The van der Waals surface area contributed by atoms with Crippen molar-refractivity contribution in [2.75, 3.05) is 46.4 Å². The summed E-state index contributed by atoms with van der Waals surface area (Å²) < 4.78 is 5.69. The van der Waals surface area contributed by atoms with Crippen LogP contribution in [-0.2, 0) is 16.1 Å². The van der Waals surface area contributed by atoms with Gasteiger partial charge in [-0.15, -0.1) is 0 Å². The summed E-state index contributed by atoms with van der Waals surface area (Å²) in [5.41, 5.74) is 2.11. The first kappa shape index (κ1) is 17.4. The van der Waals surface area contributed by atoms with Gasteiger partial charge in [-0.1, -0.05) is 24.3 Å². The first-order chi connectivity index (χ1) is 11.6. The predicted molar refractivity (Wildman–Crippen MR) is 94.9 cm³/mol. The minimum absolute atomic E-state index is 0.182. The van der Waals surface area contributed by atoms with Gasteiger partial charge >= 0.3 is 0 Å². The number of carbonyl (C=O) groups excluding carboxylic acids is 1. The van der Waals surface area contributed by atoms with E-state index in [0.29, 0.717) is 0 Å². The summed E-state index contributed by atoms with van der Waals surface area (Å²) in [5, 5.41) is 3.31. The molecule has 5 nitrogen and oxygen atoms in total. The number of piperazine rings is 1. The maximum absolute atomic E-state index is 13.0. The standard InChI is InChI=1S/C19H29N3O2/c1-16-5-3-4-6-17(16)15-21-11-13-22(14-12-21)18(23)19(24-2)7-9-20-10-8-19/h3-6,20H,7-15H2,1-2H3. The molecule has 1 amide bonds. The molecular formula is C19H29N3O2. The van der Waals surface area contributed by atoms with E-state index in [1.165, 1.54) is 11.1 Å². The van der Waals surface area contributed by atoms with Crippen LogP contribution < -0.4 is 5.32 Å². The average Bonchev–Trinajstić information content (AvgIpc) is 2.64. The number of methoxy groups -OCH3 is 1. The molecule has 2 aliphatic rings. The Kier molecular flexibility index (Phi) is 5.54. The van der Waals surface area contributed by atoms with Crippen LogP contribution in [0.1, 0.15) is 24.0 Å². The van der Waals surface area contributed by atoms with Crippen LogP contribution in [0.2, 0.25) is 0 Å². The molecule has 1 aromatic carbocycles. The zero-order chi connectivity index (χ0) is 17.0. The van der Waals surface area contributed by atoms with Gasteiger partial charge in [-0.05, 0) is 44.0 Å². The molecule has 0 spiro atoms. The Hall–Kier alpha value is -1.43. The Morgan fingerprint density at radius 1 is 1.17 bits per heavy atom. The lowest BCUT2D eigenvalue weighted by atomic mass is 9.90. The van der Waals surface area contributed by atoms with Crippen molar-refractivity contribution in [2.45, 2.75) is 31.9 Å². The molecule has 1 N–H and O–H groups in total. The van der Waals surface area contributed by atoms with Gasteiger partial charge in [0.1, 0.15) is 5.60 Å². The van der Waals surface area contributed by atoms with Crippen molar-refractivity contribution in [3.63, 3.8) is 0 Å². The second-order valence-corrected chi connectivity index (χ2v) is 6.94. The van der Waals surface area contributed by atoms with Crippen LogP contribution in [0.3, 0.4) is 0 Å². The highest BCUT2D eigenvalue weighted by Crippen LogP contribution is 2.26. The zero-order valence-corrected chi connectivity index (χ0v) is 14.9. The Morgan fingerprint density at radius 2 is 1.83 bits per heavy atom. The van der Waals surface area contributed by atoms with Gasteiger partial charge in [0.25, 0.3) is 5.91 Å². The molecule has 3 rings (SSSR count). The number of hydrogen-bond acceptors (Lipinski definition) is 4. The maximum Gasteiger partial charge on any atom is 0.254 e. The molecule has 24 heavy (non-hydrogen) atoms. The number of carbonyl (C=O) groups is 1. The van der Waals surface area contributed by atoms with E-state index < -0.39 is 5.60 Å². The number of rotatable bonds is 4. The Morgan fingerprint density at radius 3 is 2.46 bits per heavy atom. The van der Waals surface area contributed by atoms with Crippen molar-refractivity contribution in [3.05, 3.63) is 35.4 Å². The largest absolute Gasteiger partial charge is 0.368 e. The van der Waals surface area contributed by atoms with Gasteiger partial charge in [0.05, 0.1) is 0 Å². The quantitative estimate of drug-likeness (QED) is 0.906. The second kappa shape index (κ2) is 7.64. The van der Waals surface area contributed by atoms with Crippen LogP contribution in [0, 0.1) is 6.92 Å². The summed E-state index contributed by atoms with van der Waals surface area (Å²) in [6, 6.07) is 8.54. The number of hydrogen-bond donors (Lipinski definition) is 1. The molecule has 2 aliphatic heterocycles. The Bertz CT molecular complexity index is 561. The highest BCUT2D eigenvalue weighted by Gasteiger charge is 2.42. The molecule has 2 fully saturated rings. The summed E-state index contributed by atoms with van der Waals surface area (Å²) in [5.74, 6) is 0.182. The lowest BCUT2D eigenvalue weighted by Crippen LogP contribution is -2.59. The van der Waals surface area contributed by atoms with Gasteiger partial charge < -0.3 is 15.0 Å². The molecule has 0 bridgehead atoms. The third-order valence-corrected chi connectivity index (χ3v) is 5.51. The van der Waals surface area contributed by atoms with Crippen LogP contribution in [-0.4, -0.2) is 67.7 Å². The summed E-state index contributed by atoms with van der Waals surface area (Å²) in [6.45, 7) is 8.28. The SMILES string of the molecule is COC1(C(=O)N2CCN(Cc3ccccc3C)CC2)CCNCC1. The lowest BCUT2D eigenvalue weighted by Gasteiger charge is -2.42. The fourth-order valence-electron chi connectivity index (χ4n) is 3.76. The summed E-state index contributed by atoms with van der Waals surface area (Å²) >= 11 is 0. The normalized spacial score (nSPS) is 21.7. The van der Waals surface area contributed by atoms with E-state index in [4.69, 9.17) is 4.74 Å². The van der Waals surface area contributed by atoms with Gasteiger partial charge in [-0.25, -0.2) is 0 Å². The molecule has 0 atom stereocenters. The number of aryl methyl sites for hydroxylation is 1. The highest BCUT2D eigenvalue weighted by molar-refractivity contribution is 5.85. The lowest BCUT2D eigenvalue weighted by molar-refractivity contribution is -0.160. The number of nitrogens with zero attached hydrogens (tertiary/aromatic N) is 2. The third kappa shape index (κ3) is 3.63. The van der Waals surface area contributed by atoms with Gasteiger partial charge in [0.2, 0.25) is 0 Å². The minimum atomic E-state index is -0.608. The monoisotopic (exact) mass is 331 g/mol. The summed E-state index contributed by atoms with van der Waals surface area (Å²) in [6.07, 6.45) is 1.54. The van der Waals surface area contributed by atoms with E-state index in [1.54, 1.807) is 7.11 Å². The molecule has 1 aromatic rings. The highest BCUT2D eigenvalue weighted by atomic mass is 16.5. The van der Waals surface area contributed by atoms with Gasteiger partial charge in [-0.3, -0.25) is 9.69 Å². The van der Waals surface area contributed by atoms with Crippen LogP contribution in [0.15, 0.2) is 24.3 Å². The summed E-state index contributed by atoms with van der Waals surface area (Å²) in [4.78, 5) is 17.4. The van der Waals surface area contributed by atoms with E-state index >= 15 is 0 Å².